The average molecular weight is 358 g/mol. The third-order valence-corrected chi connectivity index (χ3v) is 3.68. The van der Waals surface area contributed by atoms with Crippen molar-refractivity contribution < 1.29 is 0 Å². The molecule has 20 heavy (non-hydrogen) atoms. The first kappa shape index (κ1) is 17.4. The predicted molar refractivity (Wildman–Crippen MR) is 95.6 cm³/mol. The van der Waals surface area contributed by atoms with E-state index in [1.165, 1.54) is 0 Å². The molecule has 0 fully saturated rings. The van der Waals surface area contributed by atoms with Crippen molar-refractivity contribution in [2.24, 2.45) is 11.7 Å². The Morgan fingerprint density at radius 3 is 2.45 bits per heavy atom. The van der Waals surface area contributed by atoms with Gasteiger partial charge in [-0.25, -0.2) is 0 Å². The Labute approximate surface area is 136 Å². The van der Waals surface area contributed by atoms with E-state index in [0.717, 1.165) is 35.4 Å². The summed E-state index contributed by atoms with van der Waals surface area (Å²) in [4.78, 5) is 5.00. The van der Waals surface area contributed by atoms with Crippen molar-refractivity contribution >= 4 is 38.8 Å². The first-order valence-corrected chi connectivity index (χ1v) is 8.00. The fourth-order valence-electron chi connectivity index (χ4n) is 2.05. The Kier molecular flexibility index (Phi) is 6.92. The monoisotopic (exact) mass is 357 g/mol. The molecule has 0 saturated carbocycles. The second-order valence-electron chi connectivity index (χ2n) is 5.67. The Morgan fingerprint density at radius 1 is 1.30 bits per heavy atom. The van der Waals surface area contributed by atoms with Crippen molar-refractivity contribution in [3.05, 3.63) is 28.2 Å². The highest BCUT2D eigenvalue weighted by molar-refractivity contribution is 9.10. The van der Waals surface area contributed by atoms with Crippen LogP contribution in [0.3, 0.4) is 0 Å². The molecular weight excluding hydrogens is 334 g/mol. The molecule has 1 rings (SSSR count). The molecule has 0 amide bonds. The Morgan fingerprint density at radius 2 is 1.95 bits per heavy atom. The minimum atomic E-state index is 0.450. The molecule has 0 saturated heterocycles. The summed E-state index contributed by atoms with van der Waals surface area (Å²) in [6.45, 7) is 7.38. The van der Waals surface area contributed by atoms with Crippen LogP contribution >= 0.6 is 28.1 Å². The van der Waals surface area contributed by atoms with Crippen molar-refractivity contribution in [1.82, 2.24) is 4.90 Å². The first-order valence-electron chi connectivity index (χ1n) is 6.80. The summed E-state index contributed by atoms with van der Waals surface area (Å²) in [6.07, 6.45) is 0. The summed E-state index contributed by atoms with van der Waals surface area (Å²) < 4.78 is 1.05. The minimum absolute atomic E-state index is 0.450. The molecular formula is C15H24BrN3S. The van der Waals surface area contributed by atoms with Gasteiger partial charge in [-0.2, -0.15) is 0 Å². The molecule has 1 aromatic carbocycles. The second kappa shape index (κ2) is 7.96. The number of thiocarbonyl (C=S) groups is 1. The van der Waals surface area contributed by atoms with Crippen molar-refractivity contribution in [1.29, 1.82) is 0 Å². The van der Waals surface area contributed by atoms with Gasteiger partial charge in [0.05, 0.1) is 0 Å². The Balaban J connectivity index is 3.10. The molecule has 0 aliphatic rings. The fourth-order valence-corrected chi connectivity index (χ4v) is 2.57. The van der Waals surface area contributed by atoms with Gasteiger partial charge in [-0.15, -0.1) is 0 Å². The van der Waals surface area contributed by atoms with Crippen LogP contribution < -0.4 is 10.6 Å². The summed E-state index contributed by atoms with van der Waals surface area (Å²) >= 11 is 8.73. The molecule has 0 bridgehead atoms. The first-order chi connectivity index (χ1) is 9.31. The SMILES string of the molecule is CC(C)CN(CCN(C)C)c1cc(Br)ccc1C(N)=S. The molecule has 0 aromatic heterocycles. The predicted octanol–water partition coefficient (Wildman–Crippen LogP) is 3.11. The summed E-state index contributed by atoms with van der Waals surface area (Å²) in [5.41, 5.74) is 7.93. The van der Waals surface area contributed by atoms with Gasteiger partial charge < -0.3 is 15.5 Å². The number of hydrogen-bond donors (Lipinski definition) is 1. The van der Waals surface area contributed by atoms with Crippen LogP contribution in [0.2, 0.25) is 0 Å². The maximum atomic E-state index is 5.87. The van der Waals surface area contributed by atoms with Gasteiger partial charge >= 0.3 is 0 Å². The van der Waals surface area contributed by atoms with Crippen LogP contribution in [0.25, 0.3) is 0 Å². The maximum absolute atomic E-state index is 5.87. The third-order valence-electron chi connectivity index (χ3n) is 2.97. The minimum Gasteiger partial charge on any atom is -0.389 e. The average Bonchev–Trinajstić information content (AvgIpc) is 2.33. The summed E-state index contributed by atoms with van der Waals surface area (Å²) in [7, 11) is 4.17. The zero-order chi connectivity index (χ0) is 15.3. The van der Waals surface area contributed by atoms with Gasteiger partial charge in [-0.1, -0.05) is 42.0 Å². The lowest BCUT2D eigenvalue weighted by atomic mass is 10.1. The molecule has 0 unspecified atom stereocenters. The molecule has 5 heteroatoms. The van der Waals surface area contributed by atoms with Crippen LogP contribution in [-0.4, -0.2) is 43.6 Å². The molecule has 0 radical (unpaired) electrons. The van der Waals surface area contributed by atoms with Crippen molar-refractivity contribution in [2.75, 3.05) is 38.6 Å². The summed E-state index contributed by atoms with van der Waals surface area (Å²) in [5.74, 6) is 0.579. The van der Waals surface area contributed by atoms with Gasteiger partial charge in [-0.05, 0) is 38.2 Å². The molecule has 2 N–H and O–H groups in total. The number of rotatable bonds is 7. The van der Waals surface area contributed by atoms with Gasteiger partial charge in [-0.3, -0.25) is 0 Å². The number of hydrogen-bond acceptors (Lipinski definition) is 3. The quantitative estimate of drug-likeness (QED) is 0.760. The highest BCUT2D eigenvalue weighted by Crippen LogP contribution is 2.26. The van der Waals surface area contributed by atoms with Crippen molar-refractivity contribution in [2.45, 2.75) is 13.8 Å². The maximum Gasteiger partial charge on any atom is 0.106 e. The van der Waals surface area contributed by atoms with E-state index in [1.54, 1.807) is 0 Å². The molecule has 0 aliphatic heterocycles. The number of likely N-dealkylation sites (N-methyl/N-ethyl adjacent to an activating group) is 1. The molecule has 0 aliphatic carbocycles. The lowest BCUT2D eigenvalue weighted by Gasteiger charge is -2.30. The van der Waals surface area contributed by atoms with Gasteiger partial charge in [0, 0.05) is 35.4 Å². The number of anilines is 1. The Bertz CT molecular complexity index is 460. The molecule has 0 atom stereocenters. The molecule has 0 spiro atoms. The molecule has 0 heterocycles. The van der Waals surface area contributed by atoms with Crippen LogP contribution in [-0.2, 0) is 0 Å². The van der Waals surface area contributed by atoms with E-state index in [2.05, 4.69) is 59.7 Å². The zero-order valence-corrected chi connectivity index (χ0v) is 15.1. The lowest BCUT2D eigenvalue weighted by Crippen LogP contribution is -2.35. The number of nitrogens with zero attached hydrogens (tertiary/aromatic N) is 2. The van der Waals surface area contributed by atoms with Crippen LogP contribution in [0.1, 0.15) is 19.4 Å². The van der Waals surface area contributed by atoms with Crippen LogP contribution in [0.15, 0.2) is 22.7 Å². The van der Waals surface area contributed by atoms with Gasteiger partial charge in [0.15, 0.2) is 0 Å². The highest BCUT2D eigenvalue weighted by Gasteiger charge is 2.15. The third kappa shape index (κ3) is 5.38. The van der Waals surface area contributed by atoms with Gasteiger partial charge in [0.2, 0.25) is 0 Å². The number of benzene rings is 1. The van der Waals surface area contributed by atoms with Crippen LogP contribution in [0.5, 0.6) is 0 Å². The summed E-state index contributed by atoms with van der Waals surface area (Å²) in [5, 5.41) is 0. The van der Waals surface area contributed by atoms with Crippen molar-refractivity contribution in [3.8, 4) is 0 Å². The highest BCUT2D eigenvalue weighted by atomic mass is 79.9. The smallest absolute Gasteiger partial charge is 0.106 e. The number of nitrogens with two attached hydrogens (primary N) is 1. The molecule has 112 valence electrons. The normalized spacial score (nSPS) is 11.2. The van der Waals surface area contributed by atoms with Gasteiger partial charge in [0.25, 0.3) is 0 Å². The standard InChI is InChI=1S/C15H24BrN3S/c1-11(2)10-19(8-7-18(3)4)14-9-12(16)5-6-13(14)15(17)20/h5-6,9,11H,7-8,10H2,1-4H3,(H2,17,20). The summed E-state index contributed by atoms with van der Waals surface area (Å²) in [6, 6.07) is 6.08. The zero-order valence-electron chi connectivity index (χ0n) is 12.7. The van der Waals surface area contributed by atoms with Gasteiger partial charge in [0.1, 0.15) is 4.99 Å². The van der Waals surface area contributed by atoms with Crippen molar-refractivity contribution in [3.63, 3.8) is 0 Å². The van der Waals surface area contributed by atoms with E-state index < -0.39 is 0 Å². The largest absolute Gasteiger partial charge is 0.389 e. The lowest BCUT2D eigenvalue weighted by molar-refractivity contribution is 0.409. The van der Waals surface area contributed by atoms with E-state index in [1.807, 2.05) is 12.1 Å². The van der Waals surface area contributed by atoms with E-state index in [-0.39, 0.29) is 0 Å². The second-order valence-corrected chi connectivity index (χ2v) is 7.02. The van der Waals surface area contributed by atoms with E-state index in [0.29, 0.717) is 10.9 Å². The molecule has 1 aromatic rings. The fraction of sp³-hybridized carbons (Fsp3) is 0.533. The van der Waals surface area contributed by atoms with Crippen LogP contribution in [0.4, 0.5) is 5.69 Å². The Hall–Kier alpha value is -0.650. The van der Waals surface area contributed by atoms with E-state index in [4.69, 9.17) is 18.0 Å². The molecule has 3 nitrogen and oxygen atoms in total. The van der Waals surface area contributed by atoms with E-state index in [9.17, 15) is 0 Å². The van der Waals surface area contributed by atoms with Crippen LogP contribution in [0, 0.1) is 5.92 Å². The number of halogens is 1. The van der Waals surface area contributed by atoms with E-state index >= 15 is 0 Å². The topological polar surface area (TPSA) is 32.5 Å².